The lowest BCUT2D eigenvalue weighted by molar-refractivity contribution is 0.624. The summed E-state index contributed by atoms with van der Waals surface area (Å²) in [4.78, 5) is -0.0193. The van der Waals surface area contributed by atoms with Gasteiger partial charge in [-0.1, -0.05) is 45.7 Å². The fourth-order valence-electron chi connectivity index (χ4n) is 1.74. The van der Waals surface area contributed by atoms with E-state index in [0.29, 0.717) is 5.02 Å². The highest BCUT2D eigenvalue weighted by Crippen LogP contribution is 2.32. The molecule has 0 heterocycles. The van der Waals surface area contributed by atoms with Crippen LogP contribution in [-0.2, 0) is 0 Å². The number of halogens is 3. The lowest BCUT2D eigenvalue weighted by atomic mass is 10.0. The molecular weight excluding hydrogens is 303 g/mol. The van der Waals surface area contributed by atoms with Crippen LogP contribution in [0.5, 0.6) is 0 Å². The van der Waals surface area contributed by atoms with Gasteiger partial charge in [-0.15, -0.1) is 0 Å². The summed E-state index contributed by atoms with van der Waals surface area (Å²) in [5.74, 6) is -0.210. The standard InChI is InChI=1S/C14H11BrClF/c1-9-6-11(8-13(17)7-9)14(15)10-2-4-12(16)5-3-10/h2-8,14H,1H3. The van der Waals surface area contributed by atoms with E-state index in [9.17, 15) is 4.39 Å². The third kappa shape index (κ3) is 3.08. The molecule has 0 saturated heterocycles. The molecule has 2 aromatic rings. The first-order chi connectivity index (χ1) is 8.06. The number of aryl methyl sites for hydroxylation is 1. The van der Waals surface area contributed by atoms with Crippen molar-refractivity contribution in [2.24, 2.45) is 0 Å². The second-order valence-corrected chi connectivity index (χ2v) is 5.33. The summed E-state index contributed by atoms with van der Waals surface area (Å²) in [6, 6.07) is 12.6. The molecule has 2 aromatic carbocycles. The Morgan fingerprint density at radius 2 is 1.71 bits per heavy atom. The van der Waals surface area contributed by atoms with Gasteiger partial charge in [0.05, 0.1) is 4.83 Å². The summed E-state index contributed by atoms with van der Waals surface area (Å²) in [6.07, 6.45) is 0. The molecule has 2 rings (SSSR count). The SMILES string of the molecule is Cc1cc(F)cc(C(Br)c2ccc(Cl)cc2)c1. The summed E-state index contributed by atoms with van der Waals surface area (Å²) < 4.78 is 13.3. The molecule has 1 unspecified atom stereocenters. The van der Waals surface area contributed by atoms with E-state index < -0.39 is 0 Å². The maximum atomic E-state index is 13.3. The van der Waals surface area contributed by atoms with Gasteiger partial charge in [0, 0.05) is 5.02 Å². The summed E-state index contributed by atoms with van der Waals surface area (Å²) >= 11 is 9.41. The molecule has 0 N–H and O–H groups in total. The van der Waals surface area contributed by atoms with Crippen LogP contribution in [0.15, 0.2) is 42.5 Å². The van der Waals surface area contributed by atoms with Crippen LogP contribution in [0.25, 0.3) is 0 Å². The van der Waals surface area contributed by atoms with Crippen LogP contribution in [-0.4, -0.2) is 0 Å². The van der Waals surface area contributed by atoms with Gasteiger partial charge in [-0.25, -0.2) is 4.39 Å². The first-order valence-electron chi connectivity index (χ1n) is 5.23. The zero-order valence-electron chi connectivity index (χ0n) is 9.25. The largest absolute Gasteiger partial charge is 0.207 e. The van der Waals surface area contributed by atoms with Crippen molar-refractivity contribution >= 4 is 27.5 Å². The Morgan fingerprint density at radius 1 is 1.06 bits per heavy atom. The van der Waals surface area contributed by atoms with Crippen molar-refractivity contribution in [2.45, 2.75) is 11.8 Å². The van der Waals surface area contributed by atoms with E-state index >= 15 is 0 Å². The molecule has 0 aliphatic carbocycles. The van der Waals surface area contributed by atoms with E-state index in [2.05, 4.69) is 15.9 Å². The van der Waals surface area contributed by atoms with Crippen molar-refractivity contribution in [1.82, 2.24) is 0 Å². The molecule has 0 aromatic heterocycles. The van der Waals surface area contributed by atoms with E-state index in [4.69, 9.17) is 11.6 Å². The molecule has 0 spiro atoms. The Hall–Kier alpha value is -0.860. The van der Waals surface area contributed by atoms with Crippen molar-refractivity contribution < 1.29 is 4.39 Å². The molecule has 0 aliphatic rings. The van der Waals surface area contributed by atoms with E-state index in [-0.39, 0.29) is 10.6 Å². The summed E-state index contributed by atoms with van der Waals surface area (Å²) in [6.45, 7) is 1.88. The van der Waals surface area contributed by atoms with E-state index in [1.807, 2.05) is 37.3 Å². The van der Waals surface area contributed by atoms with Gasteiger partial charge < -0.3 is 0 Å². The Bertz CT molecular complexity index is 502. The average Bonchev–Trinajstić information content (AvgIpc) is 2.28. The van der Waals surface area contributed by atoms with Crippen molar-refractivity contribution in [3.8, 4) is 0 Å². The molecule has 0 aliphatic heterocycles. The monoisotopic (exact) mass is 312 g/mol. The van der Waals surface area contributed by atoms with E-state index in [1.54, 1.807) is 6.07 Å². The van der Waals surface area contributed by atoms with Crippen molar-refractivity contribution in [3.63, 3.8) is 0 Å². The topological polar surface area (TPSA) is 0 Å². The number of rotatable bonds is 2. The minimum Gasteiger partial charge on any atom is -0.207 e. The molecule has 3 heteroatoms. The highest BCUT2D eigenvalue weighted by molar-refractivity contribution is 9.09. The minimum atomic E-state index is -0.210. The van der Waals surface area contributed by atoms with Crippen LogP contribution in [0, 0.1) is 12.7 Å². The molecule has 0 nitrogen and oxygen atoms in total. The fourth-order valence-corrected chi connectivity index (χ4v) is 2.43. The smallest absolute Gasteiger partial charge is 0.123 e. The van der Waals surface area contributed by atoms with E-state index in [0.717, 1.165) is 16.7 Å². The molecule has 0 bridgehead atoms. The van der Waals surface area contributed by atoms with Gasteiger partial charge in [0.15, 0.2) is 0 Å². The quantitative estimate of drug-likeness (QED) is 0.662. The molecule has 0 amide bonds. The van der Waals surface area contributed by atoms with Crippen molar-refractivity contribution in [1.29, 1.82) is 0 Å². The zero-order chi connectivity index (χ0) is 12.4. The maximum absolute atomic E-state index is 13.3. The van der Waals surface area contributed by atoms with Gasteiger partial charge in [-0.3, -0.25) is 0 Å². The molecule has 0 radical (unpaired) electrons. The minimum absolute atomic E-state index is 0.0193. The highest BCUT2D eigenvalue weighted by Gasteiger charge is 2.11. The first-order valence-corrected chi connectivity index (χ1v) is 6.52. The Labute approximate surface area is 114 Å². The van der Waals surface area contributed by atoms with Crippen molar-refractivity contribution in [3.05, 3.63) is 70.0 Å². The lowest BCUT2D eigenvalue weighted by Gasteiger charge is -2.12. The van der Waals surface area contributed by atoms with E-state index in [1.165, 1.54) is 6.07 Å². The van der Waals surface area contributed by atoms with Gasteiger partial charge in [-0.2, -0.15) is 0 Å². The van der Waals surface area contributed by atoms with Crippen LogP contribution in [0.4, 0.5) is 4.39 Å². The van der Waals surface area contributed by atoms with Gasteiger partial charge >= 0.3 is 0 Å². The molecule has 0 saturated carbocycles. The van der Waals surface area contributed by atoms with Crippen molar-refractivity contribution in [2.75, 3.05) is 0 Å². The third-order valence-electron chi connectivity index (χ3n) is 2.52. The number of hydrogen-bond donors (Lipinski definition) is 0. The first kappa shape index (κ1) is 12.6. The molecule has 88 valence electrons. The number of alkyl halides is 1. The van der Waals surface area contributed by atoms with Crippen LogP contribution >= 0.6 is 27.5 Å². The van der Waals surface area contributed by atoms with Crippen LogP contribution in [0.2, 0.25) is 5.02 Å². The highest BCUT2D eigenvalue weighted by atomic mass is 79.9. The zero-order valence-corrected chi connectivity index (χ0v) is 11.6. The third-order valence-corrected chi connectivity index (χ3v) is 3.83. The predicted octanol–water partition coefficient (Wildman–Crippen LogP) is 5.27. The molecule has 1 atom stereocenters. The van der Waals surface area contributed by atoms with Crippen LogP contribution < -0.4 is 0 Å². The van der Waals surface area contributed by atoms with Gasteiger partial charge in [0.2, 0.25) is 0 Å². The van der Waals surface area contributed by atoms with Gasteiger partial charge in [0.1, 0.15) is 5.82 Å². The summed E-state index contributed by atoms with van der Waals surface area (Å²) in [5.41, 5.74) is 2.88. The second-order valence-electron chi connectivity index (χ2n) is 3.98. The second kappa shape index (κ2) is 5.19. The normalized spacial score (nSPS) is 12.5. The lowest BCUT2D eigenvalue weighted by Crippen LogP contribution is -1.94. The summed E-state index contributed by atoms with van der Waals surface area (Å²) in [5, 5.41) is 0.698. The maximum Gasteiger partial charge on any atom is 0.123 e. The van der Waals surface area contributed by atoms with Gasteiger partial charge in [-0.05, 0) is 47.9 Å². The Kier molecular flexibility index (Phi) is 3.85. The Morgan fingerprint density at radius 3 is 2.29 bits per heavy atom. The number of benzene rings is 2. The molecular formula is C14H11BrClF. The fraction of sp³-hybridized carbons (Fsp3) is 0.143. The van der Waals surface area contributed by atoms with Crippen LogP contribution in [0.3, 0.4) is 0 Å². The average molecular weight is 314 g/mol. The number of hydrogen-bond acceptors (Lipinski definition) is 0. The Balaban J connectivity index is 2.36. The summed E-state index contributed by atoms with van der Waals surface area (Å²) in [7, 11) is 0. The molecule has 17 heavy (non-hydrogen) atoms. The van der Waals surface area contributed by atoms with Gasteiger partial charge in [0.25, 0.3) is 0 Å². The predicted molar refractivity (Wildman–Crippen MR) is 73.4 cm³/mol. The van der Waals surface area contributed by atoms with Crippen LogP contribution in [0.1, 0.15) is 21.5 Å². The molecule has 0 fully saturated rings.